The summed E-state index contributed by atoms with van der Waals surface area (Å²) in [6.07, 6.45) is 0. The lowest BCUT2D eigenvalue weighted by Crippen LogP contribution is -2.12. The van der Waals surface area contributed by atoms with Crippen molar-refractivity contribution < 1.29 is 14.3 Å². The van der Waals surface area contributed by atoms with E-state index in [2.05, 4.69) is 25.9 Å². The van der Waals surface area contributed by atoms with Gasteiger partial charge in [-0.1, -0.05) is 22.0 Å². The quantitative estimate of drug-likeness (QED) is 0.695. The van der Waals surface area contributed by atoms with E-state index in [1.54, 1.807) is 14.0 Å². The maximum atomic E-state index is 12.3. The highest BCUT2D eigenvalue weighted by Crippen LogP contribution is 2.36. The van der Waals surface area contributed by atoms with Gasteiger partial charge < -0.3 is 14.5 Å². The number of aromatic amines is 1. The van der Waals surface area contributed by atoms with Crippen LogP contribution in [0.4, 0.5) is 0 Å². The molecule has 0 bridgehead atoms. The van der Waals surface area contributed by atoms with Crippen molar-refractivity contribution in [3.05, 3.63) is 39.6 Å². The Morgan fingerprint density at radius 3 is 2.83 bits per heavy atom. The summed E-state index contributed by atoms with van der Waals surface area (Å²) in [7, 11) is 1.60. The number of benzene rings is 1. The minimum Gasteiger partial charge on any atom is -0.461 e. The van der Waals surface area contributed by atoms with Gasteiger partial charge in [-0.25, -0.2) is 9.78 Å². The molecule has 5 nitrogen and oxygen atoms in total. The molecular weight excluding hydrogens is 360 g/mol. The Hall–Kier alpha value is -1.92. The number of nitrogens with one attached hydrogen (secondary N) is 1. The van der Waals surface area contributed by atoms with Crippen molar-refractivity contribution in [3.8, 4) is 0 Å². The second kappa shape index (κ2) is 6.29. The molecule has 0 aliphatic rings. The van der Waals surface area contributed by atoms with E-state index in [1.165, 1.54) is 0 Å². The number of pyridine rings is 1. The second-order valence-corrected chi connectivity index (χ2v) is 6.07. The van der Waals surface area contributed by atoms with E-state index in [9.17, 15) is 4.79 Å². The van der Waals surface area contributed by atoms with E-state index in [0.29, 0.717) is 12.3 Å². The molecule has 0 saturated carbocycles. The monoisotopic (exact) mass is 376 g/mol. The van der Waals surface area contributed by atoms with Crippen LogP contribution in [0, 0.1) is 6.92 Å². The minimum absolute atomic E-state index is 0.284. The van der Waals surface area contributed by atoms with Crippen molar-refractivity contribution in [2.24, 2.45) is 0 Å². The Balaban J connectivity index is 2.44. The average Bonchev–Trinajstić information content (AvgIpc) is 2.92. The van der Waals surface area contributed by atoms with Gasteiger partial charge in [0.25, 0.3) is 0 Å². The zero-order valence-electron chi connectivity index (χ0n) is 13.2. The maximum Gasteiger partial charge on any atom is 0.357 e. The van der Waals surface area contributed by atoms with Crippen LogP contribution in [0.3, 0.4) is 0 Å². The van der Waals surface area contributed by atoms with Crippen LogP contribution < -0.4 is 0 Å². The van der Waals surface area contributed by atoms with Gasteiger partial charge in [-0.2, -0.15) is 0 Å². The number of hydrogen-bond acceptors (Lipinski definition) is 4. The first-order valence-corrected chi connectivity index (χ1v) is 8.13. The van der Waals surface area contributed by atoms with Crippen LogP contribution in [0.5, 0.6) is 0 Å². The Morgan fingerprint density at radius 1 is 1.35 bits per heavy atom. The molecule has 1 aromatic carbocycles. The zero-order valence-corrected chi connectivity index (χ0v) is 14.8. The van der Waals surface area contributed by atoms with Crippen LogP contribution in [0.15, 0.2) is 22.7 Å². The molecule has 1 N–H and O–H groups in total. The third kappa shape index (κ3) is 2.62. The number of H-pyrrole nitrogens is 1. The normalized spacial score (nSPS) is 11.3. The molecule has 0 atom stereocenters. The standard InChI is InChI=1S/C17H17BrN2O3/c1-4-23-17(21)16-10(8-22-3)13-14-11(18)6-5-7-12(14)20-15(13)9(2)19-16/h5-7,20H,4,8H2,1-3H3. The zero-order chi connectivity index (χ0) is 16.6. The highest BCUT2D eigenvalue weighted by Gasteiger charge is 2.22. The minimum atomic E-state index is -0.425. The fourth-order valence-corrected chi connectivity index (χ4v) is 3.40. The smallest absolute Gasteiger partial charge is 0.357 e. The Morgan fingerprint density at radius 2 is 2.13 bits per heavy atom. The molecule has 0 saturated heterocycles. The summed E-state index contributed by atoms with van der Waals surface area (Å²) >= 11 is 3.60. The molecule has 23 heavy (non-hydrogen) atoms. The van der Waals surface area contributed by atoms with Gasteiger partial charge in [0.1, 0.15) is 0 Å². The van der Waals surface area contributed by atoms with Gasteiger partial charge in [-0.15, -0.1) is 0 Å². The van der Waals surface area contributed by atoms with Crippen LogP contribution in [0.1, 0.15) is 28.7 Å². The fourth-order valence-electron chi connectivity index (χ4n) is 2.84. The predicted octanol–water partition coefficient (Wildman–Crippen LogP) is 4.11. The highest BCUT2D eigenvalue weighted by molar-refractivity contribution is 9.10. The molecule has 0 unspecified atom stereocenters. The Kier molecular flexibility index (Phi) is 4.37. The van der Waals surface area contributed by atoms with Crippen LogP contribution in [0.25, 0.3) is 21.8 Å². The summed E-state index contributed by atoms with van der Waals surface area (Å²) in [5, 5.41) is 1.97. The molecule has 3 rings (SSSR count). The summed E-state index contributed by atoms with van der Waals surface area (Å²) in [5.74, 6) is -0.425. The number of methoxy groups -OCH3 is 1. The summed E-state index contributed by atoms with van der Waals surface area (Å²) in [5.41, 5.74) is 3.70. The van der Waals surface area contributed by atoms with Gasteiger partial charge in [-0.3, -0.25) is 0 Å². The van der Waals surface area contributed by atoms with Crippen LogP contribution >= 0.6 is 15.9 Å². The number of rotatable bonds is 4. The first-order valence-electron chi connectivity index (χ1n) is 7.33. The summed E-state index contributed by atoms with van der Waals surface area (Å²) in [4.78, 5) is 20.2. The number of carbonyl (C=O) groups excluding carboxylic acids is 1. The lowest BCUT2D eigenvalue weighted by atomic mass is 10.0. The predicted molar refractivity (Wildman–Crippen MR) is 92.7 cm³/mol. The molecule has 0 aliphatic carbocycles. The number of ether oxygens (including phenoxy) is 2. The van der Waals surface area contributed by atoms with Crippen molar-refractivity contribution in [2.75, 3.05) is 13.7 Å². The lowest BCUT2D eigenvalue weighted by molar-refractivity contribution is 0.0514. The SMILES string of the molecule is CCOC(=O)c1nc(C)c2[nH]c3cccc(Br)c3c2c1COC. The molecule has 0 fully saturated rings. The fraction of sp³-hybridized carbons (Fsp3) is 0.294. The Bertz CT molecular complexity index is 902. The molecule has 0 radical (unpaired) electrons. The largest absolute Gasteiger partial charge is 0.461 e. The van der Waals surface area contributed by atoms with Crippen LogP contribution in [0.2, 0.25) is 0 Å². The maximum absolute atomic E-state index is 12.3. The van der Waals surface area contributed by atoms with E-state index < -0.39 is 5.97 Å². The topological polar surface area (TPSA) is 64.2 Å². The van der Waals surface area contributed by atoms with Gasteiger partial charge in [0.05, 0.1) is 24.4 Å². The number of fused-ring (bicyclic) bond motifs is 3. The van der Waals surface area contributed by atoms with Gasteiger partial charge in [0.2, 0.25) is 0 Å². The molecule has 0 aliphatic heterocycles. The van der Waals surface area contributed by atoms with Crippen molar-refractivity contribution in [2.45, 2.75) is 20.5 Å². The molecule has 3 aromatic rings. The van der Waals surface area contributed by atoms with Crippen LogP contribution in [-0.2, 0) is 16.1 Å². The third-order valence-electron chi connectivity index (χ3n) is 3.76. The van der Waals surface area contributed by atoms with Crippen molar-refractivity contribution >= 4 is 43.7 Å². The van der Waals surface area contributed by atoms with E-state index in [-0.39, 0.29) is 6.61 Å². The number of aryl methyl sites for hydroxylation is 1. The van der Waals surface area contributed by atoms with Gasteiger partial charge in [-0.05, 0) is 26.0 Å². The molecule has 120 valence electrons. The van der Waals surface area contributed by atoms with E-state index in [4.69, 9.17) is 9.47 Å². The number of carbonyl (C=O) groups is 1. The van der Waals surface area contributed by atoms with E-state index in [0.717, 1.165) is 37.5 Å². The number of esters is 1. The summed E-state index contributed by atoms with van der Waals surface area (Å²) in [6, 6.07) is 5.94. The average molecular weight is 377 g/mol. The third-order valence-corrected chi connectivity index (χ3v) is 4.42. The van der Waals surface area contributed by atoms with Gasteiger partial charge >= 0.3 is 5.97 Å². The number of hydrogen-bond donors (Lipinski definition) is 1. The molecule has 2 aromatic heterocycles. The van der Waals surface area contributed by atoms with Crippen LogP contribution in [-0.4, -0.2) is 29.7 Å². The highest BCUT2D eigenvalue weighted by atomic mass is 79.9. The summed E-state index contributed by atoms with van der Waals surface area (Å²) in [6.45, 7) is 4.25. The molecule has 6 heteroatoms. The number of aromatic nitrogens is 2. The molecule has 2 heterocycles. The first-order chi connectivity index (χ1) is 11.1. The van der Waals surface area contributed by atoms with E-state index in [1.807, 2.05) is 25.1 Å². The molecule has 0 amide bonds. The number of nitrogens with zero attached hydrogens (tertiary/aromatic N) is 1. The molecule has 0 spiro atoms. The number of halogens is 1. The first kappa shape index (κ1) is 16.0. The lowest BCUT2D eigenvalue weighted by Gasteiger charge is -2.11. The van der Waals surface area contributed by atoms with E-state index >= 15 is 0 Å². The van der Waals surface area contributed by atoms with Gasteiger partial charge in [0.15, 0.2) is 5.69 Å². The van der Waals surface area contributed by atoms with Crippen molar-refractivity contribution in [1.82, 2.24) is 9.97 Å². The van der Waals surface area contributed by atoms with Crippen molar-refractivity contribution in [1.29, 1.82) is 0 Å². The van der Waals surface area contributed by atoms with Gasteiger partial charge in [0, 0.05) is 33.4 Å². The molecular formula is C17H17BrN2O3. The Labute approximate surface area is 142 Å². The van der Waals surface area contributed by atoms with Crippen molar-refractivity contribution in [3.63, 3.8) is 0 Å². The summed E-state index contributed by atoms with van der Waals surface area (Å²) < 4.78 is 11.4. The second-order valence-electron chi connectivity index (χ2n) is 5.22.